The van der Waals surface area contributed by atoms with Crippen LogP contribution in [0.5, 0.6) is 5.75 Å². The Morgan fingerprint density at radius 1 is 1.45 bits per heavy atom. The number of hydrogen-bond acceptors (Lipinski definition) is 4. The number of rotatable bonds is 6. The molecule has 5 heteroatoms. The van der Waals surface area contributed by atoms with Gasteiger partial charge in [-0.05, 0) is 38.7 Å². The molecule has 0 fully saturated rings. The van der Waals surface area contributed by atoms with Crippen LogP contribution in [-0.2, 0) is 13.0 Å². The van der Waals surface area contributed by atoms with E-state index in [0.29, 0.717) is 19.6 Å². The zero-order chi connectivity index (χ0) is 14.8. The SMILES string of the molecule is CN(C)CC(C)(O)CNCc1cc(Cl)cc2c1OCC2. The number of fused-ring (bicyclic) bond motifs is 1. The maximum atomic E-state index is 10.2. The lowest BCUT2D eigenvalue weighted by Crippen LogP contribution is -2.45. The molecule has 1 aromatic carbocycles. The molecule has 1 aliphatic rings. The topological polar surface area (TPSA) is 44.7 Å². The zero-order valence-corrected chi connectivity index (χ0v) is 13.1. The molecule has 0 saturated heterocycles. The van der Waals surface area contributed by atoms with Gasteiger partial charge in [0.1, 0.15) is 5.75 Å². The van der Waals surface area contributed by atoms with E-state index in [2.05, 4.69) is 5.32 Å². The van der Waals surface area contributed by atoms with Crippen molar-refractivity contribution in [3.8, 4) is 5.75 Å². The molecule has 1 heterocycles. The molecular weight excluding hydrogens is 276 g/mol. The number of hydrogen-bond donors (Lipinski definition) is 2. The van der Waals surface area contributed by atoms with E-state index in [4.69, 9.17) is 16.3 Å². The first kappa shape index (κ1) is 15.6. The van der Waals surface area contributed by atoms with Crippen molar-refractivity contribution in [2.75, 3.05) is 33.8 Å². The average molecular weight is 299 g/mol. The summed E-state index contributed by atoms with van der Waals surface area (Å²) in [4.78, 5) is 1.97. The van der Waals surface area contributed by atoms with Crippen LogP contribution in [0.2, 0.25) is 5.02 Å². The van der Waals surface area contributed by atoms with Gasteiger partial charge in [-0.1, -0.05) is 11.6 Å². The van der Waals surface area contributed by atoms with Gasteiger partial charge < -0.3 is 20.1 Å². The lowest BCUT2D eigenvalue weighted by molar-refractivity contribution is 0.0335. The Bertz CT molecular complexity index is 475. The number of benzene rings is 1. The molecule has 0 bridgehead atoms. The summed E-state index contributed by atoms with van der Waals surface area (Å²) in [5.74, 6) is 0.953. The Balaban J connectivity index is 1.95. The second kappa shape index (κ2) is 6.31. The molecule has 0 aromatic heterocycles. The number of nitrogens with one attached hydrogen (secondary N) is 1. The molecule has 4 nitrogen and oxygen atoms in total. The molecule has 1 unspecified atom stereocenters. The molecule has 0 radical (unpaired) electrons. The molecule has 2 rings (SSSR count). The molecule has 0 aliphatic carbocycles. The zero-order valence-electron chi connectivity index (χ0n) is 12.4. The quantitative estimate of drug-likeness (QED) is 0.839. The molecule has 0 amide bonds. The standard InChI is InChI=1S/C15H23ClN2O2/c1-15(19,10-18(2)3)9-17-8-12-7-13(16)6-11-4-5-20-14(11)12/h6-7,17,19H,4-5,8-10H2,1-3H3. The summed E-state index contributed by atoms with van der Waals surface area (Å²) in [6.45, 7) is 4.34. The van der Waals surface area contributed by atoms with E-state index in [0.717, 1.165) is 29.4 Å². The third-order valence-corrected chi connectivity index (χ3v) is 3.52. The van der Waals surface area contributed by atoms with Gasteiger partial charge in [0.15, 0.2) is 0 Å². The largest absolute Gasteiger partial charge is 0.493 e. The number of nitrogens with zero attached hydrogens (tertiary/aromatic N) is 1. The Morgan fingerprint density at radius 2 is 2.20 bits per heavy atom. The number of likely N-dealkylation sites (N-methyl/N-ethyl adjacent to an activating group) is 1. The van der Waals surface area contributed by atoms with Gasteiger partial charge in [0.2, 0.25) is 0 Å². The van der Waals surface area contributed by atoms with Crippen molar-refractivity contribution in [3.05, 3.63) is 28.3 Å². The van der Waals surface area contributed by atoms with Crippen LogP contribution in [0.4, 0.5) is 0 Å². The van der Waals surface area contributed by atoms with E-state index in [9.17, 15) is 5.11 Å². The van der Waals surface area contributed by atoms with Crippen LogP contribution in [0.1, 0.15) is 18.1 Å². The Morgan fingerprint density at radius 3 is 2.90 bits per heavy atom. The second-order valence-electron chi connectivity index (χ2n) is 5.99. The van der Waals surface area contributed by atoms with E-state index < -0.39 is 5.60 Å². The molecule has 1 atom stereocenters. The number of aliphatic hydroxyl groups is 1. The summed E-state index contributed by atoms with van der Waals surface area (Å²) < 4.78 is 5.66. The highest BCUT2D eigenvalue weighted by atomic mass is 35.5. The van der Waals surface area contributed by atoms with E-state index in [1.807, 2.05) is 38.1 Å². The summed E-state index contributed by atoms with van der Waals surface area (Å²) >= 11 is 6.13. The number of halogens is 1. The van der Waals surface area contributed by atoms with Crippen LogP contribution in [-0.4, -0.2) is 49.4 Å². The van der Waals surface area contributed by atoms with Crippen molar-refractivity contribution < 1.29 is 9.84 Å². The smallest absolute Gasteiger partial charge is 0.127 e. The second-order valence-corrected chi connectivity index (χ2v) is 6.43. The summed E-state index contributed by atoms with van der Waals surface area (Å²) in [5, 5.41) is 14.3. The highest BCUT2D eigenvalue weighted by Crippen LogP contribution is 2.32. The van der Waals surface area contributed by atoms with Crippen molar-refractivity contribution in [2.24, 2.45) is 0 Å². The van der Waals surface area contributed by atoms with E-state index in [1.54, 1.807) is 0 Å². The summed E-state index contributed by atoms with van der Waals surface area (Å²) in [6.07, 6.45) is 0.918. The first-order chi connectivity index (χ1) is 9.37. The molecule has 20 heavy (non-hydrogen) atoms. The van der Waals surface area contributed by atoms with Crippen molar-refractivity contribution in [2.45, 2.75) is 25.5 Å². The van der Waals surface area contributed by atoms with Gasteiger partial charge in [0, 0.05) is 36.6 Å². The van der Waals surface area contributed by atoms with Crippen LogP contribution in [0.3, 0.4) is 0 Å². The Hall–Kier alpha value is -0.810. The van der Waals surface area contributed by atoms with E-state index >= 15 is 0 Å². The van der Waals surface area contributed by atoms with Crippen LogP contribution in [0, 0.1) is 0 Å². The van der Waals surface area contributed by atoms with E-state index in [1.165, 1.54) is 5.56 Å². The van der Waals surface area contributed by atoms with Crippen molar-refractivity contribution in [3.63, 3.8) is 0 Å². The average Bonchev–Trinajstić information content (AvgIpc) is 2.74. The van der Waals surface area contributed by atoms with Crippen LogP contribution in [0.15, 0.2) is 12.1 Å². The van der Waals surface area contributed by atoms with Gasteiger partial charge in [0.05, 0.1) is 12.2 Å². The first-order valence-corrected chi connectivity index (χ1v) is 7.27. The summed E-state index contributed by atoms with van der Waals surface area (Å²) in [7, 11) is 3.90. The van der Waals surface area contributed by atoms with Crippen LogP contribution in [0.25, 0.3) is 0 Å². The fourth-order valence-corrected chi connectivity index (χ4v) is 2.94. The minimum absolute atomic E-state index is 0.520. The maximum absolute atomic E-state index is 10.2. The van der Waals surface area contributed by atoms with Crippen molar-refractivity contribution in [1.82, 2.24) is 10.2 Å². The highest BCUT2D eigenvalue weighted by molar-refractivity contribution is 6.30. The lowest BCUT2D eigenvalue weighted by atomic mass is 10.1. The lowest BCUT2D eigenvalue weighted by Gasteiger charge is -2.27. The van der Waals surface area contributed by atoms with Gasteiger partial charge >= 0.3 is 0 Å². The summed E-state index contributed by atoms with van der Waals surface area (Å²) in [6, 6.07) is 3.90. The van der Waals surface area contributed by atoms with E-state index in [-0.39, 0.29) is 0 Å². The third kappa shape index (κ3) is 4.09. The third-order valence-electron chi connectivity index (χ3n) is 3.30. The van der Waals surface area contributed by atoms with Gasteiger partial charge in [-0.3, -0.25) is 0 Å². The molecule has 2 N–H and O–H groups in total. The molecular formula is C15H23ClN2O2. The molecule has 112 valence electrons. The highest BCUT2D eigenvalue weighted by Gasteiger charge is 2.22. The molecule has 1 aliphatic heterocycles. The molecule has 0 saturated carbocycles. The van der Waals surface area contributed by atoms with Crippen LogP contribution >= 0.6 is 11.6 Å². The Labute approximate surface area is 125 Å². The van der Waals surface area contributed by atoms with Crippen LogP contribution < -0.4 is 10.1 Å². The minimum atomic E-state index is -0.758. The van der Waals surface area contributed by atoms with Gasteiger partial charge in [-0.15, -0.1) is 0 Å². The molecule has 0 spiro atoms. The monoisotopic (exact) mass is 298 g/mol. The Kier molecular flexibility index (Phi) is 4.91. The maximum Gasteiger partial charge on any atom is 0.127 e. The fourth-order valence-electron chi connectivity index (χ4n) is 2.68. The predicted octanol–water partition coefficient (Wildman–Crippen LogP) is 1.68. The normalized spacial score (nSPS) is 16.9. The minimum Gasteiger partial charge on any atom is -0.493 e. The summed E-state index contributed by atoms with van der Waals surface area (Å²) in [5.41, 5.74) is 1.48. The fraction of sp³-hybridized carbons (Fsp3) is 0.600. The van der Waals surface area contributed by atoms with Crippen molar-refractivity contribution in [1.29, 1.82) is 0 Å². The van der Waals surface area contributed by atoms with Gasteiger partial charge in [0.25, 0.3) is 0 Å². The van der Waals surface area contributed by atoms with Gasteiger partial charge in [-0.25, -0.2) is 0 Å². The predicted molar refractivity (Wildman–Crippen MR) is 81.5 cm³/mol. The number of ether oxygens (including phenoxy) is 1. The first-order valence-electron chi connectivity index (χ1n) is 6.89. The molecule has 1 aromatic rings. The van der Waals surface area contributed by atoms with Gasteiger partial charge in [-0.2, -0.15) is 0 Å². The van der Waals surface area contributed by atoms with Crippen molar-refractivity contribution >= 4 is 11.6 Å².